The van der Waals surface area contributed by atoms with E-state index in [4.69, 9.17) is 44.3 Å². The lowest BCUT2D eigenvalue weighted by molar-refractivity contribution is 0.256. The molecule has 0 aliphatic rings. The largest absolute Gasteiger partial charge is 0.493 e. The van der Waals surface area contributed by atoms with E-state index in [9.17, 15) is 0 Å². The topological polar surface area (TPSA) is 18.5 Å². The van der Waals surface area contributed by atoms with Gasteiger partial charge >= 0.3 is 0 Å². The summed E-state index contributed by atoms with van der Waals surface area (Å²) >= 11 is 18.9. The summed E-state index contributed by atoms with van der Waals surface area (Å²) in [7, 11) is 0. The normalized spacial score (nSPS) is 13.8. The highest BCUT2D eigenvalue weighted by molar-refractivity contribution is 6.37. The standard InChI is InChI=1S/C24H31Cl3O2/c1-6-16(2)14-28-20-9-7-18(8-10-20)24(4,5)19-11-21(26)23(22(27)12-19)29-15-17(3)13-25/h7-12,16-17H,6,13-15H2,1-5H3/t16-,17-/m0/s1. The third kappa shape index (κ3) is 6.44. The second kappa shape index (κ2) is 10.8. The van der Waals surface area contributed by atoms with Gasteiger partial charge in [-0.05, 0) is 41.3 Å². The second-order valence-electron chi connectivity index (χ2n) is 8.31. The van der Waals surface area contributed by atoms with E-state index >= 15 is 0 Å². The summed E-state index contributed by atoms with van der Waals surface area (Å²) in [5.74, 6) is 2.69. The molecule has 5 heteroatoms. The fraction of sp³-hybridized carbons (Fsp3) is 0.500. The van der Waals surface area contributed by atoms with Crippen LogP contribution in [0.5, 0.6) is 11.5 Å². The zero-order valence-electron chi connectivity index (χ0n) is 17.9. The predicted octanol–water partition coefficient (Wildman–Crippen LogP) is 8.00. The van der Waals surface area contributed by atoms with Crippen molar-refractivity contribution in [2.45, 2.75) is 46.5 Å². The molecule has 2 nitrogen and oxygen atoms in total. The van der Waals surface area contributed by atoms with Crippen molar-refractivity contribution in [3.05, 3.63) is 57.6 Å². The molecule has 0 radical (unpaired) electrons. The molecule has 0 amide bonds. The van der Waals surface area contributed by atoms with Crippen LogP contribution in [-0.2, 0) is 5.41 Å². The van der Waals surface area contributed by atoms with Crippen LogP contribution in [0.1, 0.15) is 52.2 Å². The van der Waals surface area contributed by atoms with Crippen molar-refractivity contribution in [3.8, 4) is 11.5 Å². The number of hydrogen-bond donors (Lipinski definition) is 0. The van der Waals surface area contributed by atoms with Gasteiger partial charge in [0.05, 0.1) is 23.3 Å². The van der Waals surface area contributed by atoms with Crippen LogP contribution in [0.15, 0.2) is 36.4 Å². The zero-order valence-corrected chi connectivity index (χ0v) is 20.2. The van der Waals surface area contributed by atoms with Gasteiger partial charge in [0.1, 0.15) is 5.75 Å². The summed E-state index contributed by atoms with van der Waals surface area (Å²) in [6.45, 7) is 11.9. The third-order valence-corrected chi connectivity index (χ3v) is 6.39. The maximum Gasteiger partial charge on any atom is 0.156 e. The minimum Gasteiger partial charge on any atom is -0.493 e. The molecule has 0 unspecified atom stereocenters. The van der Waals surface area contributed by atoms with Gasteiger partial charge in [0.25, 0.3) is 0 Å². The number of hydrogen-bond acceptors (Lipinski definition) is 2. The minimum absolute atomic E-state index is 0.223. The van der Waals surface area contributed by atoms with Gasteiger partial charge in [0.2, 0.25) is 0 Å². The van der Waals surface area contributed by atoms with Gasteiger partial charge in [-0.1, -0.05) is 76.4 Å². The molecule has 2 atom stereocenters. The number of ether oxygens (including phenoxy) is 2. The maximum absolute atomic E-state index is 6.50. The van der Waals surface area contributed by atoms with E-state index in [1.807, 2.05) is 31.2 Å². The monoisotopic (exact) mass is 456 g/mol. The molecule has 0 N–H and O–H groups in total. The molecular formula is C24H31Cl3O2. The van der Waals surface area contributed by atoms with Crippen LogP contribution in [0, 0.1) is 11.8 Å². The van der Waals surface area contributed by atoms with Gasteiger partial charge in [0, 0.05) is 17.2 Å². The average Bonchev–Trinajstić information content (AvgIpc) is 2.71. The molecule has 160 valence electrons. The highest BCUT2D eigenvalue weighted by atomic mass is 35.5. The van der Waals surface area contributed by atoms with E-state index < -0.39 is 0 Å². The highest BCUT2D eigenvalue weighted by Gasteiger charge is 2.26. The summed E-state index contributed by atoms with van der Waals surface area (Å²) in [5, 5.41) is 1.02. The number of halogens is 3. The van der Waals surface area contributed by atoms with Crippen LogP contribution in [0.2, 0.25) is 10.0 Å². The molecule has 0 saturated heterocycles. The Morgan fingerprint density at radius 3 is 1.93 bits per heavy atom. The molecule has 2 aromatic rings. The van der Waals surface area contributed by atoms with Crippen molar-refractivity contribution >= 4 is 34.8 Å². The smallest absolute Gasteiger partial charge is 0.156 e. The molecule has 0 spiro atoms. The van der Waals surface area contributed by atoms with Crippen molar-refractivity contribution in [2.75, 3.05) is 19.1 Å². The predicted molar refractivity (Wildman–Crippen MR) is 125 cm³/mol. The number of benzene rings is 2. The molecule has 0 fully saturated rings. The minimum atomic E-state index is -0.273. The van der Waals surface area contributed by atoms with Gasteiger partial charge in [-0.2, -0.15) is 0 Å². The van der Waals surface area contributed by atoms with Crippen molar-refractivity contribution in [1.29, 1.82) is 0 Å². The Balaban J connectivity index is 2.19. The van der Waals surface area contributed by atoms with E-state index in [1.165, 1.54) is 0 Å². The summed E-state index contributed by atoms with van der Waals surface area (Å²) in [4.78, 5) is 0. The van der Waals surface area contributed by atoms with Gasteiger partial charge in [-0.25, -0.2) is 0 Å². The third-order valence-electron chi connectivity index (χ3n) is 5.30. The molecule has 0 saturated carbocycles. The van der Waals surface area contributed by atoms with Crippen LogP contribution >= 0.6 is 34.8 Å². The first-order valence-corrected chi connectivity index (χ1v) is 11.4. The van der Waals surface area contributed by atoms with Crippen LogP contribution in [0.3, 0.4) is 0 Å². The van der Waals surface area contributed by atoms with Crippen molar-refractivity contribution in [2.24, 2.45) is 11.8 Å². The van der Waals surface area contributed by atoms with Crippen LogP contribution in [0.25, 0.3) is 0 Å². The molecule has 0 bridgehead atoms. The van der Waals surface area contributed by atoms with Crippen LogP contribution in [-0.4, -0.2) is 19.1 Å². The Morgan fingerprint density at radius 2 is 1.41 bits per heavy atom. The van der Waals surface area contributed by atoms with Gasteiger partial charge in [0.15, 0.2) is 5.75 Å². The molecule has 0 aromatic heterocycles. The van der Waals surface area contributed by atoms with E-state index in [1.54, 1.807) is 0 Å². The molecule has 0 heterocycles. The fourth-order valence-electron chi connectivity index (χ4n) is 2.82. The molecule has 0 aliphatic carbocycles. The summed E-state index contributed by atoms with van der Waals surface area (Å²) < 4.78 is 11.7. The molecule has 29 heavy (non-hydrogen) atoms. The van der Waals surface area contributed by atoms with E-state index in [0.717, 1.165) is 29.9 Å². The lowest BCUT2D eigenvalue weighted by atomic mass is 9.78. The first-order valence-electron chi connectivity index (χ1n) is 10.1. The van der Waals surface area contributed by atoms with E-state index in [-0.39, 0.29) is 11.3 Å². The molecule has 0 aliphatic heterocycles. The SMILES string of the molecule is CC[C@H](C)COc1ccc(C(C)(C)c2cc(Cl)c(OC[C@@H](C)CCl)c(Cl)c2)cc1. The summed E-state index contributed by atoms with van der Waals surface area (Å²) in [6, 6.07) is 12.1. The number of alkyl halides is 1. The first-order chi connectivity index (χ1) is 13.7. The van der Waals surface area contributed by atoms with Crippen LogP contribution < -0.4 is 9.47 Å². The Bertz CT molecular complexity index is 764. The second-order valence-corrected chi connectivity index (χ2v) is 9.44. The Kier molecular flexibility index (Phi) is 9.00. The quantitative estimate of drug-likeness (QED) is 0.336. The van der Waals surface area contributed by atoms with Crippen molar-refractivity contribution in [3.63, 3.8) is 0 Å². The Hall–Kier alpha value is -1.09. The average molecular weight is 458 g/mol. The molecule has 2 rings (SSSR count). The summed E-state index contributed by atoms with van der Waals surface area (Å²) in [6.07, 6.45) is 1.11. The molecule has 2 aromatic carbocycles. The molecular weight excluding hydrogens is 427 g/mol. The van der Waals surface area contributed by atoms with Gasteiger partial charge < -0.3 is 9.47 Å². The summed E-state index contributed by atoms with van der Waals surface area (Å²) in [5.41, 5.74) is 1.91. The lowest BCUT2D eigenvalue weighted by Crippen LogP contribution is -2.19. The van der Waals surface area contributed by atoms with Crippen LogP contribution in [0.4, 0.5) is 0 Å². The maximum atomic E-state index is 6.50. The van der Waals surface area contributed by atoms with E-state index in [0.29, 0.717) is 34.2 Å². The van der Waals surface area contributed by atoms with Crippen molar-refractivity contribution < 1.29 is 9.47 Å². The van der Waals surface area contributed by atoms with E-state index in [2.05, 4.69) is 39.8 Å². The van der Waals surface area contributed by atoms with Gasteiger partial charge in [-0.15, -0.1) is 11.6 Å². The first kappa shape index (κ1) is 24.2. The lowest BCUT2D eigenvalue weighted by Gasteiger charge is -2.27. The fourth-order valence-corrected chi connectivity index (χ4v) is 3.50. The number of rotatable bonds is 10. The highest BCUT2D eigenvalue weighted by Crippen LogP contribution is 2.40. The van der Waals surface area contributed by atoms with Gasteiger partial charge in [-0.3, -0.25) is 0 Å². The van der Waals surface area contributed by atoms with Crippen molar-refractivity contribution in [1.82, 2.24) is 0 Å². The Labute approximate surface area is 190 Å². The zero-order chi connectivity index (χ0) is 21.6. The Morgan fingerprint density at radius 1 is 0.862 bits per heavy atom.